The van der Waals surface area contributed by atoms with Gasteiger partial charge < -0.3 is 10.9 Å². The van der Waals surface area contributed by atoms with E-state index in [1.807, 2.05) is 0 Å². The van der Waals surface area contributed by atoms with Gasteiger partial charge >= 0.3 is 0 Å². The molecular formula is C27H48N2O. The molecule has 0 aromatic rings. The summed E-state index contributed by atoms with van der Waals surface area (Å²) in [5.74, 6) is 11.4. The minimum absolute atomic E-state index is 0.159. The van der Waals surface area contributed by atoms with Gasteiger partial charge in [0.15, 0.2) is 0 Å². The van der Waals surface area contributed by atoms with E-state index < -0.39 is 0 Å². The Labute approximate surface area is 185 Å². The number of hydrogen-bond acceptors (Lipinski definition) is 3. The van der Waals surface area contributed by atoms with Crippen molar-refractivity contribution in [3.05, 3.63) is 0 Å². The third kappa shape index (κ3) is 3.65. The van der Waals surface area contributed by atoms with Gasteiger partial charge in [0.1, 0.15) is 0 Å². The van der Waals surface area contributed by atoms with E-state index in [1.165, 1.54) is 50.7 Å². The van der Waals surface area contributed by atoms with Gasteiger partial charge in [0.05, 0.1) is 6.10 Å². The molecule has 0 heterocycles. The number of aliphatic hydroxyl groups excluding tert-OH is 1. The average molecular weight is 417 g/mol. The maximum Gasteiger partial charge on any atom is 0.0547 e. The Bertz CT molecular complexity index is 645. The van der Waals surface area contributed by atoms with Crippen LogP contribution in [0.4, 0.5) is 0 Å². The number of hydrogen-bond donors (Lipinski definition) is 2. The summed E-state index contributed by atoms with van der Waals surface area (Å²) in [7, 11) is 0. The van der Waals surface area contributed by atoms with Gasteiger partial charge in [0.25, 0.3) is 0 Å². The third-order valence-corrected chi connectivity index (χ3v) is 10.8. The fourth-order valence-corrected chi connectivity index (χ4v) is 9.21. The molecule has 4 aliphatic carbocycles. The van der Waals surface area contributed by atoms with Gasteiger partial charge in [-0.1, -0.05) is 53.9 Å². The third-order valence-electron chi connectivity index (χ3n) is 10.8. The number of aliphatic hydroxyl groups is 1. The molecule has 0 radical (unpaired) electrons. The molecule has 0 aromatic heterocycles. The molecule has 0 saturated heterocycles. The van der Waals surface area contributed by atoms with Crippen LogP contribution in [0.2, 0.25) is 0 Å². The fraction of sp³-hybridized carbons (Fsp3) is 0.963. The van der Waals surface area contributed by atoms with E-state index in [0.717, 1.165) is 61.2 Å². The maximum absolute atomic E-state index is 10.4. The lowest BCUT2D eigenvalue weighted by Gasteiger charge is -2.61. The molecule has 30 heavy (non-hydrogen) atoms. The van der Waals surface area contributed by atoms with Crippen molar-refractivity contribution in [2.75, 3.05) is 0 Å². The summed E-state index contributed by atoms with van der Waals surface area (Å²) in [6, 6.07) is 0. The molecule has 0 aromatic carbocycles. The second-order valence-corrected chi connectivity index (χ2v) is 12.7. The summed E-state index contributed by atoms with van der Waals surface area (Å²) in [6.45, 7) is 12.4. The molecule has 4 aliphatic rings. The van der Waals surface area contributed by atoms with Crippen molar-refractivity contribution in [1.82, 2.24) is 0 Å². The minimum Gasteiger partial charge on any atom is -0.393 e. The van der Waals surface area contributed by atoms with Crippen LogP contribution in [0.1, 0.15) is 105 Å². The predicted octanol–water partition coefficient (Wildman–Crippen LogP) is 6.39. The lowest BCUT2D eigenvalue weighted by atomic mass is 9.44. The van der Waals surface area contributed by atoms with Crippen molar-refractivity contribution in [3.8, 4) is 0 Å². The molecule has 9 atom stereocenters. The van der Waals surface area contributed by atoms with Crippen LogP contribution in [0.3, 0.4) is 0 Å². The molecule has 172 valence electrons. The van der Waals surface area contributed by atoms with Crippen molar-refractivity contribution in [3.63, 3.8) is 0 Å². The van der Waals surface area contributed by atoms with E-state index in [4.69, 9.17) is 5.84 Å². The van der Waals surface area contributed by atoms with Crippen LogP contribution in [-0.4, -0.2) is 16.9 Å². The molecule has 3 nitrogen and oxygen atoms in total. The van der Waals surface area contributed by atoms with Crippen LogP contribution in [-0.2, 0) is 0 Å². The molecular weight excluding hydrogens is 368 g/mol. The van der Waals surface area contributed by atoms with Crippen LogP contribution in [0, 0.1) is 52.3 Å². The Hall–Kier alpha value is -0.570. The molecule has 0 amide bonds. The standard InChI is InChI=1S/C27H48N2O/c1-17(2)7-6-8-18(3)21-9-10-22-20-16-25(29-28)24-15-19(30)11-13-27(24,5)23(20)12-14-26(21,22)4/h17-24,30H,6-16,28H2,1-5H3/b29-25+/t18-,19?,20+,21-,22-,23-,24-,26+,27-/m0/s1. The van der Waals surface area contributed by atoms with Gasteiger partial charge in [0, 0.05) is 11.6 Å². The van der Waals surface area contributed by atoms with E-state index in [-0.39, 0.29) is 6.10 Å². The predicted molar refractivity (Wildman–Crippen MR) is 126 cm³/mol. The van der Waals surface area contributed by atoms with Crippen LogP contribution in [0.5, 0.6) is 0 Å². The average Bonchev–Trinajstić information content (AvgIpc) is 3.05. The molecule has 0 aliphatic heterocycles. The Kier molecular flexibility index (Phi) is 6.34. The largest absolute Gasteiger partial charge is 0.393 e. The Morgan fingerprint density at radius 2 is 1.70 bits per heavy atom. The van der Waals surface area contributed by atoms with Gasteiger partial charge in [-0.3, -0.25) is 0 Å². The van der Waals surface area contributed by atoms with E-state index in [9.17, 15) is 5.11 Å². The zero-order valence-electron chi connectivity index (χ0n) is 20.4. The molecule has 4 saturated carbocycles. The van der Waals surface area contributed by atoms with Crippen LogP contribution < -0.4 is 5.84 Å². The number of nitrogens with zero attached hydrogens (tertiary/aromatic N) is 1. The smallest absolute Gasteiger partial charge is 0.0547 e. The Morgan fingerprint density at radius 3 is 2.40 bits per heavy atom. The zero-order valence-corrected chi connectivity index (χ0v) is 20.4. The first-order valence-electron chi connectivity index (χ1n) is 13.2. The first kappa shape index (κ1) is 22.6. The Morgan fingerprint density at radius 1 is 1.00 bits per heavy atom. The monoisotopic (exact) mass is 416 g/mol. The molecule has 3 heteroatoms. The van der Waals surface area contributed by atoms with Crippen LogP contribution >= 0.6 is 0 Å². The van der Waals surface area contributed by atoms with Crippen molar-refractivity contribution in [2.45, 2.75) is 111 Å². The number of rotatable bonds is 5. The molecule has 4 rings (SSSR count). The molecule has 4 fully saturated rings. The van der Waals surface area contributed by atoms with E-state index >= 15 is 0 Å². The van der Waals surface area contributed by atoms with Gasteiger partial charge in [-0.15, -0.1) is 0 Å². The lowest BCUT2D eigenvalue weighted by Crippen LogP contribution is -2.57. The summed E-state index contributed by atoms with van der Waals surface area (Å²) in [5.41, 5.74) is 2.04. The highest BCUT2D eigenvalue weighted by Gasteiger charge is 2.61. The first-order valence-corrected chi connectivity index (χ1v) is 13.2. The van der Waals surface area contributed by atoms with Gasteiger partial charge in [-0.25, -0.2) is 0 Å². The van der Waals surface area contributed by atoms with Crippen molar-refractivity contribution < 1.29 is 5.11 Å². The van der Waals surface area contributed by atoms with Crippen LogP contribution in [0.15, 0.2) is 5.10 Å². The van der Waals surface area contributed by atoms with Crippen molar-refractivity contribution in [2.24, 2.45) is 63.2 Å². The SMILES string of the molecule is CC(C)CCC[C@H](C)[C@@H]1CC[C@H]2[C@H]3C/C(=N\N)[C@@H]4CC(O)CC[C@@]4(C)[C@H]3CC[C@@]21C. The molecule has 0 spiro atoms. The van der Waals surface area contributed by atoms with Crippen LogP contribution in [0.25, 0.3) is 0 Å². The summed E-state index contributed by atoms with van der Waals surface area (Å²) < 4.78 is 0. The van der Waals surface area contributed by atoms with Crippen molar-refractivity contribution in [1.29, 1.82) is 0 Å². The summed E-state index contributed by atoms with van der Waals surface area (Å²) >= 11 is 0. The van der Waals surface area contributed by atoms with Gasteiger partial charge in [-0.05, 0) is 97.7 Å². The topological polar surface area (TPSA) is 58.6 Å². The minimum atomic E-state index is -0.159. The highest BCUT2D eigenvalue weighted by molar-refractivity contribution is 5.88. The summed E-state index contributed by atoms with van der Waals surface area (Å²) in [6.07, 6.45) is 13.8. The fourth-order valence-electron chi connectivity index (χ4n) is 9.21. The van der Waals surface area contributed by atoms with Gasteiger partial charge in [0.2, 0.25) is 0 Å². The maximum atomic E-state index is 10.4. The van der Waals surface area contributed by atoms with Gasteiger partial charge in [-0.2, -0.15) is 5.10 Å². The highest BCUT2D eigenvalue weighted by Crippen LogP contribution is 2.68. The molecule has 1 unspecified atom stereocenters. The van der Waals surface area contributed by atoms with Crippen molar-refractivity contribution >= 4 is 5.71 Å². The van der Waals surface area contributed by atoms with E-state index in [1.54, 1.807) is 0 Å². The highest BCUT2D eigenvalue weighted by atomic mass is 16.3. The molecule has 3 N–H and O–H groups in total. The second kappa shape index (κ2) is 8.41. The number of fused-ring (bicyclic) bond motifs is 5. The normalized spacial score (nSPS) is 48.3. The summed E-state index contributed by atoms with van der Waals surface area (Å²) in [4.78, 5) is 0. The van der Waals surface area contributed by atoms with E-state index in [0.29, 0.717) is 16.7 Å². The summed E-state index contributed by atoms with van der Waals surface area (Å²) in [5, 5.41) is 14.7. The number of hydrazone groups is 1. The number of nitrogens with two attached hydrogens (primary N) is 1. The quantitative estimate of drug-likeness (QED) is 0.403. The second-order valence-electron chi connectivity index (χ2n) is 12.7. The first-order chi connectivity index (χ1) is 14.2. The lowest BCUT2D eigenvalue weighted by molar-refractivity contribution is -0.0939. The zero-order chi connectivity index (χ0) is 21.7. The van der Waals surface area contributed by atoms with E-state index in [2.05, 4.69) is 39.7 Å². The molecule has 0 bridgehead atoms. The Balaban J connectivity index is 1.53.